The molecule has 0 saturated heterocycles. The summed E-state index contributed by atoms with van der Waals surface area (Å²) in [5.74, 6) is -0.270. The van der Waals surface area contributed by atoms with Crippen LogP contribution in [0.3, 0.4) is 0 Å². The van der Waals surface area contributed by atoms with E-state index in [0.717, 1.165) is 0 Å². The topological polar surface area (TPSA) is 94.1 Å². The van der Waals surface area contributed by atoms with Gasteiger partial charge in [-0.25, -0.2) is 0 Å². The second-order valence-electron chi connectivity index (χ2n) is 6.01. The molecule has 0 amide bonds. The van der Waals surface area contributed by atoms with Gasteiger partial charge in [-0.3, -0.25) is 4.79 Å². The summed E-state index contributed by atoms with van der Waals surface area (Å²) in [7, 11) is 5.99. The Hall–Kier alpha value is -3.22. The van der Waals surface area contributed by atoms with Crippen molar-refractivity contribution in [1.82, 2.24) is 0 Å². The molecule has 7 heteroatoms. The van der Waals surface area contributed by atoms with Crippen LogP contribution in [0.1, 0.15) is 34.7 Å². The monoisotopic (exact) mass is 387 g/mol. The fourth-order valence-corrected chi connectivity index (χ4v) is 2.97. The number of ether oxygens (including phenoxy) is 4. The largest absolute Gasteiger partial charge is 0.550 e. The molecule has 0 aliphatic heterocycles. The molecule has 0 bridgehead atoms. The van der Waals surface area contributed by atoms with Crippen LogP contribution in [-0.4, -0.2) is 40.2 Å². The van der Waals surface area contributed by atoms with Gasteiger partial charge in [0.15, 0.2) is 28.8 Å². The van der Waals surface area contributed by atoms with Crippen LogP contribution in [0.2, 0.25) is 0 Å². The molecule has 2 rings (SSSR count). The molecule has 1 atom stereocenters. The number of hydrogen-bond donors (Lipinski definition) is 0. The van der Waals surface area contributed by atoms with Crippen molar-refractivity contribution in [2.24, 2.45) is 0 Å². The fourth-order valence-electron chi connectivity index (χ4n) is 2.97. The fraction of sp³-hybridized carbons (Fsp3) is 0.333. The Bertz CT molecular complexity index is 845. The molecular weight excluding hydrogens is 364 g/mol. The molecule has 0 fully saturated rings. The number of carbonyl (C=O) groups excluding carboxylic acids is 2. The lowest BCUT2D eigenvalue weighted by atomic mass is 9.86. The zero-order chi connectivity index (χ0) is 20.7. The van der Waals surface area contributed by atoms with Crippen molar-refractivity contribution in [2.45, 2.75) is 18.8 Å². The van der Waals surface area contributed by atoms with Gasteiger partial charge >= 0.3 is 0 Å². The highest BCUT2D eigenvalue weighted by Gasteiger charge is 2.24. The first kappa shape index (κ1) is 21.1. The number of methoxy groups -OCH3 is 4. The third-order valence-corrected chi connectivity index (χ3v) is 4.43. The van der Waals surface area contributed by atoms with Gasteiger partial charge < -0.3 is 28.8 Å². The summed E-state index contributed by atoms with van der Waals surface area (Å²) in [5.41, 5.74) is 1.01. The number of aliphatic carboxylic acids is 1. The van der Waals surface area contributed by atoms with Crippen molar-refractivity contribution < 1.29 is 33.6 Å². The molecular formula is C21H23O7-. The minimum Gasteiger partial charge on any atom is -0.550 e. The van der Waals surface area contributed by atoms with Gasteiger partial charge in [0.1, 0.15) is 0 Å². The first-order chi connectivity index (χ1) is 13.4. The average molecular weight is 387 g/mol. The van der Waals surface area contributed by atoms with Crippen molar-refractivity contribution in [1.29, 1.82) is 0 Å². The molecule has 0 aromatic heterocycles. The number of rotatable bonds is 10. The predicted octanol–water partition coefficient (Wildman–Crippen LogP) is 2.22. The Morgan fingerprint density at radius 1 is 0.821 bits per heavy atom. The number of carbonyl (C=O) groups is 2. The molecule has 0 radical (unpaired) electrons. The Kier molecular flexibility index (Phi) is 7.26. The number of ketones is 1. The van der Waals surface area contributed by atoms with E-state index in [2.05, 4.69) is 0 Å². The summed E-state index contributed by atoms with van der Waals surface area (Å²) in [5, 5.41) is 11.0. The Morgan fingerprint density at radius 3 is 1.89 bits per heavy atom. The predicted molar refractivity (Wildman–Crippen MR) is 100 cm³/mol. The summed E-state index contributed by atoms with van der Waals surface area (Å²) >= 11 is 0. The second kappa shape index (κ2) is 9.64. The SMILES string of the molecule is COc1ccc(C(=O)[C@@H](CCC(=O)[O-])c2ccc(OC)c(OC)c2)cc1OC. The highest BCUT2D eigenvalue weighted by molar-refractivity contribution is 6.01. The normalized spacial score (nSPS) is 11.4. The van der Waals surface area contributed by atoms with Crippen molar-refractivity contribution >= 4 is 11.8 Å². The van der Waals surface area contributed by atoms with Gasteiger partial charge in [-0.2, -0.15) is 0 Å². The summed E-state index contributed by atoms with van der Waals surface area (Å²) in [6.07, 6.45) is -0.164. The number of carboxylic acid groups (broad SMARTS) is 1. The second-order valence-corrected chi connectivity index (χ2v) is 6.01. The maximum atomic E-state index is 13.2. The third-order valence-electron chi connectivity index (χ3n) is 4.43. The molecule has 0 saturated carbocycles. The van der Waals surface area contributed by atoms with E-state index in [-0.39, 0.29) is 18.6 Å². The summed E-state index contributed by atoms with van der Waals surface area (Å²) in [4.78, 5) is 24.2. The first-order valence-corrected chi connectivity index (χ1v) is 8.63. The molecule has 2 aromatic rings. The van der Waals surface area contributed by atoms with Crippen LogP contribution in [0, 0.1) is 0 Å². The van der Waals surface area contributed by atoms with E-state index in [4.69, 9.17) is 18.9 Å². The molecule has 150 valence electrons. The smallest absolute Gasteiger partial charge is 0.170 e. The van der Waals surface area contributed by atoms with Gasteiger partial charge in [0.25, 0.3) is 0 Å². The van der Waals surface area contributed by atoms with Gasteiger partial charge in [-0.1, -0.05) is 6.07 Å². The van der Waals surface area contributed by atoms with Crippen LogP contribution in [0.5, 0.6) is 23.0 Å². The van der Waals surface area contributed by atoms with Gasteiger partial charge in [-0.15, -0.1) is 0 Å². The first-order valence-electron chi connectivity index (χ1n) is 8.63. The Labute approximate surface area is 163 Å². The summed E-state index contributed by atoms with van der Waals surface area (Å²) in [6, 6.07) is 9.92. The van der Waals surface area contributed by atoms with E-state index in [1.165, 1.54) is 28.4 Å². The van der Waals surface area contributed by atoms with Gasteiger partial charge in [0.05, 0.1) is 28.4 Å². The number of benzene rings is 2. The molecule has 0 N–H and O–H groups in total. The molecule has 0 aliphatic carbocycles. The van der Waals surface area contributed by atoms with Crippen molar-refractivity contribution in [3.8, 4) is 23.0 Å². The lowest BCUT2D eigenvalue weighted by molar-refractivity contribution is -0.305. The van der Waals surface area contributed by atoms with Gasteiger partial charge in [-0.05, 0) is 48.7 Å². The van der Waals surface area contributed by atoms with E-state index in [1.807, 2.05) is 0 Å². The molecule has 0 aliphatic rings. The van der Waals surface area contributed by atoms with Crippen LogP contribution < -0.4 is 24.1 Å². The minimum absolute atomic E-state index is 0.0883. The van der Waals surface area contributed by atoms with Crippen LogP contribution in [0.25, 0.3) is 0 Å². The average Bonchev–Trinajstić information content (AvgIpc) is 2.72. The standard InChI is InChI=1S/C21H24O7/c1-25-16-8-5-13(11-18(16)27-3)15(7-10-20(22)23)21(24)14-6-9-17(26-2)19(12-14)28-4/h5-6,8-9,11-12,15H,7,10H2,1-4H3,(H,22,23)/p-1/t15-/m0/s1. The van der Waals surface area contributed by atoms with Crippen molar-refractivity contribution in [3.63, 3.8) is 0 Å². The van der Waals surface area contributed by atoms with Gasteiger partial charge in [0.2, 0.25) is 0 Å². The number of carboxylic acids is 1. The lowest BCUT2D eigenvalue weighted by Gasteiger charge is -2.19. The van der Waals surface area contributed by atoms with Gasteiger partial charge in [0, 0.05) is 17.5 Å². The molecule has 2 aromatic carbocycles. The zero-order valence-corrected chi connectivity index (χ0v) is 16.3. The summed E-state index contributed by atoms with van der Waals surface area (Å²) in [6.45, 7) is 0. The van der Waals surface area contributed by atoms with E-state index in [9.17, 15) is 14.7 Å². The Balaban J connectivity index is 2.45. The van der Waals surface area contributed by atoms with Crippen LogP contribution in [0.15, 0.2) is 36.4 Å². The molecule has 0 spiro atoms. The maximum Gasteiger partial charge on any atom is 0.170 e. The lowest BCUT2D eigenvalue weighted by Crippen LogP contribution is -2.24. The minimum atomic E-state index is -1.22. The van der Waals surface area contributed by atoms with E-state index >= 15 is 0 Å². The van der Waals surface area contributed by atoms with E-state index in [0.29, 0.717) is 34.1 Å². The van der Waals surface area contributed by atoms with E-state index < -0.39 is 11.9 Å². The highest BCUT2D eigenvalue weighted by atomic mass is 16.5. The van der Waals surface area contributed by atoms with E-state index in [1.54, 1.807) is 36.4 Å². The summed E-state index contributed by atoms with van der Waals surface area (Å²) < 4.78 is 21.0. The molecule has 7 nitrogen and oxygen atoms in total. The quantitative estimate of drug-likeness (QED) is 0.577. The maximum absolute atomic E-state index is 13.2. The highest BCUT2D eigenvalue weighted by Crippen LogP contribution is 2.35. The molecule has 0 unspecified atom stereocenters. The Morgan fingerprint density at radius 2 is 1.36 bits per heavy atom. The number of hydrogen-bond acceptors (Lipinski definition) is 7. The number of Topliss-reactive ketones (excluding diaryl/α,β-unsaturated/α-hetero) is 1. The van der Waals surface area contributed by atoms with Crippen molar-refractivity contribution in [2.75, 3.05) is 28.4 Å². The molecule has 0 heterocycles. The third kappa shape index (κ3) is 4.73. The molecule has 28 heavy (non-hydrogen) atoms. The van der Waals surface area contributed by atoms with Crippen LogP contribution in [-0.2, 0) is 4.79 Å². The van der Waals surface area contributed by atoms with Crippen LogP contribution >= 0.6 is 0 Å². The van der Waals surface area contributed by atoms with Crippen molar-refractivity contribution in [3.05, 3.63) is 47.5 Å². The van der Waals surface area contributed by atoms with Crippen LogP contribution in [0.4, 0.5) is 0 Å². The zero-order valence-electron chi connectivity index (χ0n) is 16.3.